The third-order valence-electron chi connectivity index (χ3n) is 2.87. The summed E-state index contributed by atoms with van der Waals surface area (Å²) in [6.07, 6.45) is -0.481. The lowest BCUT2D eigenvalue weighted by Gasteiger charge is -2.06. The molecule has 0 aromatic heterocycles. The number of carbonyl (C=O) groups excluding carboxylic acids is 1. The average Bonchev–Trinajstić information content (AvgIpc) is 2.47. The van der Waals surface area contributed by atoms with Crippen LogP contribution in [0.1, 0.15) is 5.56 Å². The summed E-state index contributed by atoms with van der Waals surface area (Å²) in [5.74, 6) is -2.35. The van der Waals surface area contributed by atoms with Crippen LogP contribution in [0.3, 0.4) is 0 Å². The Morgan fingerprint density at radius 3 is 2.35 bits per heavy atom. The second kappa shape index (κ2) is 6.60. The highest BCUT2D eigenvalue weighted by Gasteiger charge is 2.21. The summed E-state index contributed by atoms with van der Waals surface area (Å²) in [5.41, 5.74) is -0.776. The fourth-order valence-electron chi connectivity index (χ4n) is 1.87. The van der Waals surface area contributed by atoms with E-state index < -0.39 is 39.5 Å². The Morgan fingerprint density at radius 2 is 1.70 bits per heavy atom. The Balaban J connectivity index is 2.23. The molecule has 0 fully saturated rings. The topological polar surface area (TPSA) is 113 Å². The minimum atomic E-state index is -0.979. The first-order valence-corrected chi connectivity index (χ1v) is 6.25. The van der Waals surface area contributed by atoms with Crippen molar-refractivity contribution in [2.45, 2.75) is 6.42 Å². The summed E-state index contributed by atoms with van der Waals surface area (Å²) in [4.78, 5) is 32.1. The third kappa shape index (κ3) is 3.84. The fraction of sp³-hybridized carbons (Fsp3) is 0.0714. The summed E-state index contributed by atoms with van der Waals surface area (Å²) in [6.45, 7) is 0. The lowest BCUT2D eigenvalue weighted by atomic mass is 10.1. The van der Waals surface area contributed by atoms with Crippen LogP contribution >= 0.6 is 0 Å². The molecule has 0 unspecified atom stereocenters. The zero-order chi connectivity index (χ0) is 17.0. The molecule has 0 N–H and O–H groups in total. The Labute approximate surface area is 128 Å². The van der Waals surface area contributed by atoms with E-state index in [0.29, 0.717) is 6.07 Å². The maximum absolute atomic E-state index is 13.2. The molecule has 0 spiro atoms. The molecule has 0 aliphatic rings. The molecule has 0 radical (unpaired) electrons. The first-order valence-electron chi connectivity index (χ1n) is 6.25. The van der Waals surface area contributed by atoms with Crippen molar-refractivity contribution in [3.05, 3.63) is 74.1 Å². The van der Waals surface area contributed by atoms with E-state index in [1.54, 1.807) is 0 Å². The standard InChI is InChI=1S/C14H9FN2O6/c15-10-5-6-12(17(21)22)13(8-10)23-14(18)7-9-3-1-2-4-11(9)16(19)20/h1-6,8H,7H2. The van der Waals surface area contributed by atoms with Gasteiger partial charge in [0.05, 0.1) is 16.3 Å². The summed E-state index contributed by atoms with van der Waals surface area (Å²) in [7, 11) is 0. The molecule has 23 heavy (non-hydrogen) atoms. The van der Waals surface area contributed by atoms with Gasteiger partial charge in [0.25, 0.3) is 5.69 Å². The first-order chi connectivity index (χ1) is 10.9. The molecule has 2 rings (SSSR count). The lowest BCUT2D eigenvalue weighted by Crippen LogP contribution is -2.13. The molecule has 0 bridgehead atoms. The summed E-state index contributed by atoms with van der Waals surface area (Å²) < 4.78 is 17.9. The minimum absolute atomic E-state index is 0.0848. The van der Waals surface area contributed by atoms with Crippen LogP contribution in [-0.2, 0) is 11.2 Å². The molecule has 0 aliphatic carbocycles. The van der Waals surface area contributed by atoms with Crippen molar-refractivity contribution in [2.24, 2.45) is 0 Å². The van der Waals surface area contributed by atoms with E-state index in [4.69, 9.17) is 4.74 Å². The molecular weight excluding hydrogens is 311 g/mol. The molecule has 0 saturated carbocycles. The van der Waals surface area contributed by atoms with Crippen LogP contribution in [0, 0.1) is 26.0 Å². The molecule has 0 saturated heterocycles. The molecule has 0 heterocycles. The van der Waals surface area contributed by atoms with Gasteiger partial charge in [-0.15, -0.1) is 0 Å². The first kappa shape index (κ1) is 16.0. The van der Waals surface area contributed by atoms with E-state index in [0.717, 1.165) is 12.1 Å². The van der Waals surface area contributed by atoms with Gasteiger partial charge in [-0.3, -0.25) is 25.0 Å². The molecular formula is C14H9FN2O6. The number of ether oxygens (including phenoxy) is 1. The van der Waals surface area contributed by atoms with Gasteiger partial charge in [-0.25, -0.2) is 4.39 Å². The number of hydrogen-bond donors (Lipinski definition) is 0. The van der Waals surface area contributed by atoms with E-state index in [1.807, 2.05) is 0 Å². The molecule has 9 heteroatoms. The monoisotopic (exact) mass is 320 g/mol. The predicted molar refractivity (Wildman–Crippen MR) is 75.5 cm³/mol. The Hall–Kier alpha value is -3.36. The maximum atomic E-state index is 13.2. The Morgan fingerprint density at radius 1 is 1.04 bits per heavy atom. The van der Waals surface area contributed by atoms with Crippen LogP contribution in [0.2, 0.25) is 0 Å². The summed E-state index contributed by atoms with van der Waals surface area (Å²) in [6, 6.07) is 7.94. The zero-order valence-electron chi connectivity index (χ0n) is 11.5. The third-order valence-corrected chi connectivity index (χ3v) is 2.87. The van der Waals surface area contributed by atoms with Crippen molar-refractivity contribution in [1.82, 2.24) is 0 Å². The predicted octanol–water partition coefficient (Wildman–Crippen LogP) is 2.79. The number of nitrogens with zero attached hydrogens (tertiary/aromatic N) is 2. The van der Waals surface area contributed by atoms with Gasteiger partial charge in [-0.1, -0.05) is 18.2 Å². The second-order valence-corrected chi connectivity index (χ2v) is 4.41. The number of rotatable bonds is 5. The van der Waals surface area contributed by atoms with Gasteiger partial charge in [-0.2, -0.15) is 0 Å². The quantitative estimate of drug-likeness (QED) is 0.362. The van der Waals surface area contributed by atoms with Crippen molar-refractivity contribution < 1.29 is 23.8 Å². The van der Waals surface area contributed by atoms with Crippen molar-refractivity contribution in [3.63, 3.8) is 0 Å². The molecule has 2 aromatic rings. The van der Waals surface area contributed by atoms with E-state index in [9.17, 15) is 29.4 Å². The highest BCUT2D eigenvalue weighted by molar-refractivity contribution is 5.77. The van der Waals surface area contributed by atoms with Gasteiger partial charge in [0.2, 0.25) is 5.75 Å². The number of nitro groups is 2. The normalized spacial score (nSPS) is 10.1. The van der Waals surface area contributed by atoms with Crippen LogP contribution in [-0.4, -0.2) is 15.8 Å². The summed E-state index contributed by atoms with van der Waals surface area (Å²) in [5, 5.41) is 21.7. The van der Waals surface area contributed by atoms with Crippen molar-refractivity contribution in [1.29, 1.82) is 0 Å². The number of halogens is 1. The van der Waals surface area contributed by atoms with Gasteiger partial charge in [0.15, 0.2) is 0 Å². The van der Waals surface area contributed by atoms with E-state index in [1.165, 1.54) is 24.3 Å². The van der Waals surface area contributed by atoms with Crippen LogP contribution in [0.4, 0.5) is 15.8 Å². The molecule has 8 nitrogen and oxygen atoms in total. The number of hydrogen-bond acceptors (Lipinski definition) is 6. The van der Waals surface area contributed by atoms with Gasteiger partial charge >= 0.3 is 11.7 Å². The van der Waals surface area contributed by atoms with Gasteiger partial charge < -0.3 is 4.74 Å². The summed E-state index contributed by atoms with van der Waals surface area (Å²) >= 11 is 0. The maximum Gasteiger partial charge on any atom is 0.316 e. The van der Waals surface area contributed by atoms with Crippen LogP contribution in [0.15, 0.2) is 42.5 Å². The Kier molecular flexibility index (Phi) is 4.60. The highest BCUT2D eigenvalue weighted by Crippen LogP contribution is 2.28. The molecule has 0 aliphatic heterocycles. The average molecular weight is 320 g/mol. The second-order valence-electron chi connectivity index (χ2n) is 4.41. The number of esters is 1. The van der Waals surface area contributed by atoms with Crippen molar-refractivity contribution in [3.8, 4) is 5.75 Å². The van der Waals surface area contributed by atoms with Crippen molar-refractivity contribution in [2.75, 3.05) is 0 Å². The fourth-order valence-corrected chi connectivity index (χ4v) is 1.87. The van der Waals surface area contributed by atoms with Crippen LogP contribution < -0.4 is 4.74 Å². The smallest absolute Gasteiger partial charge is 0.316 e. The molecule has 0 atom stereocenters. The van der Waals surface area contributed by atoms with E-state index in [2.05, 4.69) is 0 Å². The van der Waals surface area contributed by atoms with E-state index >= 15 is 0 Å². The van der Waals surface area contributed by atoms with Gasteiger partial charge in [0, 0.05) is 23.8 Å². The minimum Gasteiger partial charge on any atom is -0.419 e. The largest absolute Gasteiger partial charge is 0.419 e. The number of carbonyl (C=O) groups is 1. The molecule has 0 amide bonds. The number of para-hydroxylation sites is 1. The van der Waals surface area contributed by atoms with E-state index in [-0.39, 0.29) is 11.3 Å². The van der Waals surface area contributed by atoms with Crippen molar-refractivity contribution >= 4 is 17.3 Å². The lowest BCUT2D eigenvalue weighted by molar-refractivity contribution is -0.385. The van der Waals surface area contributed by atoms with Gasteiger partial charge in [0.1, 0.15) is 5.82 Å². The van der Waals surface area contributed by atoms with Gasteiger partial charge in [-0.05, 0) is 6.07 Å². The number of benzene rings is 2. The van der Waals surface area contributed by atoms with Crippen LogP contribution in [0.5, 0.6) is 5.75 Å². The highest BCUT2D eigenvalue weighted by atomic mass is 19.1. The molecule has 118 valence electrons. The number of nitro benzene ring substituents is 2. The zero-order valence-corrected chi connectivity index (χ0v) is 11.5. The Bertz CT molecular complexity index is 793. The molecule has 2 aromatic carbocycles. The SMILES string of the molecule is O=C(Cc1ccccc1[N+](=O)[O-])Oc1cc(F)ccc1[N+](=O)[O-]. The van der Waals surface area contributed by atoms with Crippen LogP contribution in [0.25, 0.3) is 0 Å².